The van der Waals surface area contributed by atoms with E-state index in [9.17, 15) is 0 Å². The highest BCUT2D eigenvalue weighted by molar-refractivity contribution is 5.39. The predicted molar refractivity (Wildman–Crippen MR) is 50.1 cm³/mol. The summed E-state index contributed by atoms with van der Waals surface area (Å²) in [5.74, 6) is 6.13. The van der Waals surface area contributed by atoms with Crippen molar-refractivity contribution in [2.24, 2.45) is 5.90 Å². The summed E-state index contributed by atoms with van der Waals surface area (Å²) < 4.78 is 0. The van der Waals surface area contributed by atoms with Gasteiger partial charge < -0.3 is 4.90 Å². The van der Waals surface area contributed by atoms with Crippen molar-refractivity contribution >= 4 is 5.82 Å². The fraction of sp³-hybridized carbons (Fsp3) is 0.444. The zero-order valence-corrected chi connectivity index (χ0v) is 7.39. The maximum absolute atomic E-state index is 5.13. The second-order valence-electron chi connectivity index (χ2n) is 3.18. The van der Waals surface area contributed by atoms with Gasteiger partial charge in [-0.05, 0) is 18.6 Å². The molecule has 1 aliphatic rings. The summed E-state index contributed by atoms with van der Waals surface area (Å²) in [6.07, 6.45) is 2.93. The highest BCUT2D eigenvalue weighted by atomic mass is 16.6. The molecule has 2 heterocycles. The Morgan fingerprint density at radius 1 is 1.54 bits per heavy atom. The Morgan fingerprint density at radius 2 is 2.46 bits per heavy atom. The molecular weight excluding hydrogens is 166 g/mol. The van der Waals surface area contributed by atoms with E-state index >= 15 is 0 Å². The molecule has 1 unspecified atom stereocenters. The summed E-state index contributed by atoms with van der Waals surface area (Å²) in [5.41, 5.74) is 0. The van der Waals surface area contributed by atoms with Gasteiger partial charge in [0.15, 0.2) is 0 Å². The summed E-state index contributed by atoms with van der Waals surface area (Å²) in [6, 6.07) is 5.90. The first-order valence-electron chi connectivity index (χ1n) is 4.41. The van der Waals surface area contributed by atoms with E-state index in [1.807, 2.05) is 18.2 Å². The van der Waals surface area contributed by atoms with Crippen molar-refractivity contribution in [3.05, 3.63) is 24.4 Å². The second-order valence-corrected chi connectivity index (χ2v) is 3.18. The topological polar surface area (TPSA) is 51.4 Å². The zero-order chi connectivity index (χ0) is 9.10. The van der Waals surface area contributed by atoms with Crippen molar-refractivity contribution in [2.75, 3.05) is 18.0 Å². The van der Waals surface area contributed by atoms with Crippen LogP contribution in [0.1, 0.15) is 6.42 Å². The van der Waals surface area contributed by atoms with Crippen LogP contribution in [0, 0.1) is 0 Å². The van der Waals surface area contributed by atoms with Crippen molar-refractivity contribution in [1.82, 2.24) is 4.98 Å². The minimum atomic E-state index is 0.155. The Hall–Kier alpha value is -1.13. The standard InChI is InChI=1S/C9H13N3O/c10-13-8-4-6-12(7-8)9-3-1-2-5-11-9/h1-3,5,8H,4,6-7,10H2. The summed E-state index contributed by atoms with van der Waals surface area (Å²) in [4.78, 5) is 11.2. The van der Waals surface area contributed by atoms with Gasteiger partial charge in [-0.1, -0.05) is 6.07 Å². The van der Waals surface area contributed by atoms with E-state index in [1.165, 1.54) is 0 Å². The molecule has 0 aliphatic carbocycles. The number of hydrogen-bond acceptors (Lipinski definition) is 4. The van der Waals surface area contributed by atoms with Crippen LogP contribution in [0.4, 0.5) is 5.82 Å². The van der Waals surface area contributed by atoms with Crippen molar-refractivity contribution in [1.29, 1.82) is 0 Å². The fourth-order valence-corrected chi connectivity index (χ4v) is 1.59. The normalized spacial score (nSPS) is 22.2. The van der Waals surface area contributed by atoms with Gasteiger partial charge in [-0.2, -0.15) is 0 Å². The minimum Gasteiger partial charge on any atom is -0.354 e. The van der Waals surface area contributed by atoms with Gasteiger partial charge in [-0.25, -0.2) is 10.9 Å². The van der Waals surface area contributed by atoms with Crippen LogP contribution < -0.4 is 10.8 Å². The van der Waals surface area contributed by atoms with Gasteiger partial charge in [0.2, 0.25) is 0 Å². The lowest BCUT2D eigenvalue weighted by Gasteiger charge is -2.16. The molecule has 1 atom stereocenters. The van der Waals surface area contributed by atoms with E-state index in [4.69, 9.17) is 10.7 Å². The van der Waals surface area contributed by atoms with Crippen LogP contribution in [0.2, 0.25) is 0 Å². The molecular formula is C9H13N3O. The predicted octanol–water partition coefficient (Wildman–Crippen LogP) is 0.551. The van der Waals surface area contributed by atoms with Crippen LogP contribution in [0.25, 0.3) is 0 Å². The lowest BCUT2D eigenvalue weighted by molar-refractivity contribution is 0.0690. The molecule has 0 amide bonds. The van der Waals surface area contributed by atoms with Crippen LogP contribution in [-0.2, 0) is 4.84 Å². The number of nitrogens with two attached hydrogens (primary N) is 1. The third-order valence-electron chi connectivity index (χ3n) is 2.31. The van der Waals surface area contributed by atoms with E-state index in [0.29, 0.717) is 0 Å². The van der Waals surface area contributed by atoms with E-state index in [1.54, 1.807) is 6.20 Å². The van der Waals surface area contributed by atoms with E-state index < -0.39 is 0 Å². The fourth-order valence-electron chi connectivity index (χ4n) is 1.59. The Balaban J connectivity index is 2.04. The molecule has 1 saturated heterocycles. The highest BCUT2D eigenvalue weighted by Crippen LogP contribution is 2.17. The van der Waals surface area contributed by atoms with Gasteiger partial charge in [-0.15, -0.1) is 0 Å². The summed E-state index contributed by atoms with van der Waals surface area (Å²) >= 11 is 0. The van der Waals surface area contributed by atoms with Gasteiger partial charge in [0, 0.05) is 19.3 Å². The summed E-state index contributed by atoms with van der Waals surface area (Å²) in [7, 11) is 0. The molecule has 4 nitrogen and oxygen atoms in total. The molecule has 0 radical (unpaired) electrons. The van der Waals surface area contributed by atoms with Crippen LogP contribution in [0.15, 0.2) is 24.4 Å². The van der Waals surface area contributed by atoms with Crippen LogP contribution in [0.3, 0.4) is 0 Å². The molecule has 1 aromatic heterocycles. The molecule has 2 N–H and O–H groups in total. The Morgan fingerprint density at radius 3 is 3.08 bits per heavy atom. The van der Waals surface area contributed by atoms with Crippen molar-refractivity contribution in [3.63, 3.8) is 0 Å². The number of pyridine rings is 1. The number of anilines is 1. The summed E-state index contributed by atoms with van der Waals surface area (Å²) in [5, 5.41) is 0. The van der Waals surface area contributed by atoms with Gasteiger partial charge in [-0.3, -0.25) is 4.84 Å². The SMILES string of the molecule is NOC1CCN(c2ccccn2)C1. The first kappa shape index (κ1) is 8.47. The number of nitrogens with zero attached hydrogens (tertiary/aromatic N) is 2. The third kappa shape index (κ3) is 1.79. The van der Waals surface area contributed by atoms with E-state index in [-0.39, 0.29) is 6.10 Å². The van der Waals surface area contributed by atoms with Crippen molar-refractivity contribution in [2.45, 2.75) is 12.5 Å². The second kappa shape index (κ2) is 3.72. The van der Waals surface area contributed by atoms with Gasteiger partial charge in [0.25, 0.3) is 0 Å². The molecule has 0 aromatic carbocycles. The van der Waals surface area contributed by atoms with Gasteiger partial charge in [0.05, 0.1) is 6.10 Å². The monoisotopic (exact) mass is 179 g/mol. The summed E-state index contributed by atoms with van der Waals surface area (Å²) in [6.45, 7) is 1.81. The van der Waals surface area contributed by atoms with Crippen LogP contribution in [-0.4, -0.2) is 24.2 Å². The molecule has 4 heteroatoms. The highest BCUT2D eigenvalue weighted by Gasteiger charge is 2.23. The van der Waals surface area contributed by atoms with Gasteiger partial charge in [0.1, 0.15) is 5.82 Å². The molecule has 1 fully saturated rings. The maximum atomic E-state index is 5.13. The van der Waals surface area contributed by atoms with Crippen LogP contribution in [0.5, 0.6) is 0 Å². The molecule has 70 valence electrons. The number of rotatable bonds is 2. The largest absolute Gasteiger partial charge is 0.354 e. The average molecular weight is 179 g/mol. The maximum Gasteiger partial charge on any atom is 0.128 e. The first-order valence-corrected chi connectivity index (χ1v) is 4.41. The zero-order valence-electron chi connectivity index (χ0n) is 7.39. The molecule has 1 aliphatic heterocycles. The Labute approximate surface area is 77.3 Å². The third-order valence-corrected chi connectivity index (χ3v) is 2.31. The molecule has 0 bridgehead atoms. The number of aromatic nitrogens is 1. The molecule has 2 rings (SSSR count). The lowest BCUT2D eigenvalue weighted by Crippen LogP contribution is -2.25. The molecule has 0 spiro atoms. The lowest BCUT2D eigenvalue weighted by atomic mass is 10.3. The minimum absolute atomic E-state index is 0.155. The van der Waals surface area contributed by atoms with Crippen LogP contribution >= 0.6 is 0 Å². The van der Waals surface area contributed by atoms with E-state index in [0.717, 1.165) is 25.3 Å². The number of hydrogen-bond donors (Lipinski definition) is 1. The van der Waals surface area contributed by atoms with E-state index in [2.05, 4.69) is 9.88 Å². The molecule has 0 saturated carbocycles. The molecule has 13 heavy (non-hydrogen) atoms. The first-order chi connectivity index (χ1) is 6.40. The molecule has 1 aromatic rings. The van der Waals surface area contributed by atoms with Gasteiger partial charge >= 0.3 is 0 Å². The van der Waals surface area contributed by atoms with Crippen molar-refractivity contribution < 1.29 is 4.84 Å². The Kier molecular flexibility index (Phi) is 2.42. The average Bonchev–Trinajstić information content (AvgIpc) is 2.67. The smallest absolute Gasteiger partial charge is 0.128 e. The Bertz CT molecular complexity index is 265. The quantitative estimate of drug-likeness (QED) is 0.674. The van der Waals surface area contributed by atoms with Crippen molar-refractivity contribution in [3.8, 4) is 0 Å².